The lowest BCUT2D eigenvalue weighted by atomic mass is 10.2. The first-order chi connectivity index (χ1) is 6.88. The molecule has 0 fully saturated rings. The zero-order valence-electron chi connectivity index (χ0n) is 8.53. The summed E-state index contributed by atoms with van der Waals surface area (Å²) in [5, 5.41) is 7.79. The van der Waals surface area contributed by atoms with Gasteiger partial charge in [0.15, 0.2) is 0 Å². The lowest BCUT2D eigenvalue weighted by Gasteiger charge is -2.09. The number of nitrogens with one attached hydrogen (secondary N) is 1. The number of nitrogen functional groups attached to an aromatic ring is 1. The minimum absolute atomic E-state index is 0.111. The Bertz CT molecular complexity index is 443. The molecule has 0 heterocycles. The maximum Gasteiger partial charge on any atom is 0.210 e. The minimum atomic E-state index is -3.42. The summed E-state index contributed by atoms with van der Waals surface area (Å²) in [5.74, 6) is -0.111. The van der Waals surface area contributed by atoms with Crippen LogP contribution in [0.5, 0.6) is 0 Å². The summed E-state index contributed by atoms with van der Waals surface area (Å²) in [6, 6.07) is 5.52. The Hall–Kier alpha value is -1.27. The van der Waals surface area contributed by atoms with Gasteiger partial charge in [0.05, 0.1) is 17.1 Å². The summed E-state index contributed by atoms with van der Waals surface area (Å²) in [7, 11) is -3.42. The number of hydrogen-bond donors (Lipinski definition) is 3. The normalized spacial score (nSPS) is 11.3. The van der Waals surface area contributed by atoms with E-state index in [0.717, 1.165) is 11.3 Å². The second-order valence-electron chi connectivity index (χ2n) is 3.38. The maximum atomic E-state index is 10.7. The first-order valence-electron chi connectivity index (χ1n) is 4.49. The van der Waals surface area contributed by atoms with Crippen LogP contribution in [0.2, 0.25) is 0 Å². The number of hydrogen-bond acceptors (Lipinski definition) is 4. The van der Waals surface area contributed by atoms with Crippen LogP contribution in [0.3, 0.4) is 0 Å². The van der Waals surface area contributed by atoms with Crippen LogP contribution in [-0.4, -0.2) is 20.7 Å². The standard InChI is InChI=1S/C9H15N3O2S/c1-7-2-3-8(10)9(6-7)12-4-5-15(11,13)14/h2-3,6,12H,4-5,10H2,1H3,(H2,11,13,14). The van der Waals surface area contributed by atoms with Gasteiger partial charge < -0.3 is 11.1 Å². The fourth-order valence-corrected chi connectivity index (χ4v) is 1.54. The Balaban J connectivity index is 2.61. The van der Waals surface area contributed by atoms with Gasteiger partial charge in [0.1, 0.15) is 0 Å². The van der Waals surface area contributed by atoms with Gasteiger partial charge in [-0.2, -0.15) is 0 Å². The molecule has 1 aromatic rings. The number of benzene rings is 1. The Morgan fingerprint density at radius 2 is 2.07 bits per heavy atom. The summed E-state index contributed by atoms with van der Waals surface area (Å²) in [6.45, 7) is 2.19. The zero-order valence-corrected chi connectivity index (χ0v) is 9.34. The van der Waals surface area contributed by atoms with Gasteiger partial charge in [-0.25, -0.2) is 13.6 Å². The third-order valence-corrected chi connectivity index (χ3v) is 2.68. The second kappa shape index (κ2) is 4.50. The smallest absolute Gasteiger partial charge is 0.210 e. The first kappa shape index (κ1) is 11.8. The molecular formula is C9H15N3O2S. The molecule has 0 bridgehead atoms. The topological polar surface area (TPSA) is 98.2 Å². The molecule has 0 aromatic heterocycles. The van der Waals surface area contributed by atoms with Crippen LogP contribution in [0.1, 0.15) is 5.56 Å². The summed E-state index contributed by atoms with van der Waals surface area (Å²) < 4.78 is 21.4. The fraction of sp³-hybridized carbons (Fsp3) is 0.333. The third kappa shape index (κ3) is 4.18. The predicted octanol–water partition coefficient (Wildman–Crippen LogP) is 0.278. The van der Waals surface area contributed by atoms with Gasteiger partial charge in [-0.3, -0.25) is 0 Å². The van der Waals surface area contributed by atoms with Crippen LogP contribution < -0.4 is 16.2 Å². The molecule has 84 valence electrons. The van der Waals surface area contributed by atoms with Crippen LogP contribution in [0.4, 0.5) is 11.4 Å². The molecule has 0 amide bonds. The van der Waals surface area contributed by atoms with Crippen molar-refractivity contribution in [2.24, 2.45) is 5.14 Å². The Kier molecular flexibility index (Phi) is 3.54. The molecule has 15 heavy (non-hydrogen) atoms. The van der Waals surface area contributed by atoms with E-state index in [1.54, 1.807) is 6.07 Å². The molecule has 0 atom stereocenters. The highest BCUT2D eigenvalue weighted by molar-refractivity contribution is 7.89. The van der Waals surface area contributed by atoms with Crippen molar-refractivity contribution in [2.75, 3.05) is 23.3 Å². The molecule has 0 spiro atoms. The summed E-state index contributed by atoms with van der Waals surface area (Å²) >= 11 is 0. The summed E-state index contributed by atoms with van der Waals surface area (Å²) in [4.78, 5) is 0. The van der Waals surface area contributed by atoms with E-state index in [2.05, 4.69) is 5.32 Å². The monoisotopic (exact) mass is 229 g/mol. The van der Waals surface area contributed by atoms with Crippen molar-refractivity contribution >= 4 is 21.4 Å². The number of primary sulfonamides is 1. The summed E-state index contributed by atoms with van der Waals surface area (Å²) in [6.07, 6.45) is 0. The van der Waals surface area contributed by atoms with Gasteiger partial charge in [-0.1, -0.05) is 6.07 Å². The Morgan fingerprint density at radius 3 is 2.67 bits per heavy atom. The molecule has 0 radical (unpaired) electrons. The molecule has 0 saturated heterocycles. The molecule has 0 aliphatic heterocycles. The van der Waals surface area contributed by atoms with Crippen molar-refractivity contribution in [1.29, 1.82) is 0 Å². The maximum absolute atomic E-state index is 10.7. The van der Waals surface area contributed by atoms with E-state index < -0.39 is 10.0 Å². The van der Waals surface area contributed by atoms with E-state index in [1.807, 2.05) is 19.1 Å². The lowest BCUT2D eigenvalue weighted by Crippen LogP contribution is -2.22. The van der Waals surface area contributed by atoms with E-state index in [1.165, 1.54) is 0 Å². The van der Waals surface area contributed by atoms with E-state index in [9.17, 15) is 8.42 Å². The predicted molar refractivity (Wildman–Crippen MR) is 62.1 cm³/mol. The van der Waals surface area contributed by atoms with Crippen LogP contribution in [0.25, 0.3) is 0 Å². The number of sulfonamides is 1. The van der Waals surface area contributed by atoms with E-state index in [4.69, 9.17) is 10.9 Å². The van der Waals surface area contributed by atoms with Crippen LogP contribution in [0.15, 0.2) is 18.2 Å². The van der Waals surface area contributed by atoms with Gasteiger partial charge in [0.25, 0.3) is 0 Å². The van der Waals surface area contributed by atoms with E-state index >= 15 is 0 Å². The average Bonchev–Trinajstić information content (AvgIpc) is 2.09. The molecule has 0 unspecified atom stereocenters. The average molecular weight is 229 g/mol. The van der Waals surface area contributed by atoms with E-state index in [-0.39, 0.29) is 12.3 Å². The van der Waals surface area contributed by atoms with Crippen molar-refractivity contribution in [3.05, 3.63) is 23.8 Å². The number of aryl methyl sites for hydroxylation is 1. The Labute approximate surface area is 89.5 Å². The molecule has 5 nitrogen and oxygen atoms in total. The minimum Gasteiger partial charge on any atom is -0.397 e. The van der Waals surface area contributed by atoms with Crippen molar-refractivity contribution in [2.45, 2.75) is 6.92 Å². The molecule has 0 saturated carbocycles. The van der Waals surface area contributed by atoms with Gasteiger partial charge in [0, 0.05) is 6.54 Å². The van der Waals surface area contributed by atoms with Gasteiger partial charge >= 0.3 is 0 Å². The van der Waals surface area contributed by atoms with Crippen molar-refractivity contribution in [3.8, 4) is 0 Å². The molecule has 1 rings (SSSR count). The van der Waals surface area contributed by atoms with Gasteiger partial charge in [-0.05, 0) is 24.6 Å². The lowest BCUT2D eigenvalue weighted by molar-refractivity contribution is 0.598. The van der Waals surface area contributed by atoms with Crippen LogP contribution in [-0.2, 0) is 10.0 Å². The molecule has 0 aliphatic rings. The molecule has 5 N–H and O–H groups in total. The van der Waals surface area contributed by atoms with Crippen molar-refractivity contribution in [3.63, 3.8) is 0 Å². The fourth-order valence-electron chi connectivity index (χ4n) is 1.15. The van der Waals surface area contributed by atoms with E-state index in [0.29, 0.717) is 5.69 Å². The molecular weight excluding hydrogens is 214 g/mol. The van der Waals surface area contributed by atoms with Crippen LogP contribution >= 0.6 is 0 Å². The SMILES string of the molecule is Cc1ccc(N)c(NCCS(N)(=O)=O)c1. The molecule has 6 heteroatoms. The van der Waals surface area contributed by atoms with Gasteiger partial charge in [-0.15, -0.1) is 0 Å². The zero-order chi connectivity index (χ0) is 11.5. The van der Waals surface area contributed by atoms with Crippen molar-refractivity contribution < 1.29 is 8.42 Å². The highest BCUT2D eigenvalue weighted by atomic mass is 32.2. The first-order valence-corrected chi connectivity index (χ1v) is 6.20. The second-order valence-corrected chi connectivity index (χ2v) is 5.12. The Morgan fingerprint density at radius 1 is 1.40 bits per heavy atom. The largest absolute Gasteiger partial charge is 0.397 e. The van der Waals surface area contributed by atoms with Crippen molar-refractivity contribution in [1.82, 2.24) is 0 Å². The third-order valence-electron chi connectivity index (χ3n) is 1.91. The number of anilines is 2. The quantitative estimate of drug-likeness (QED) is 0.646. The number of rotatable bonds is 4. The highest BCUT2D eigenvalue weighted by Gasteiger charge is 2.03. The summed E-state index contributed by atoms with van der Waals surface area (Å²) in [5.41, 5.74) is 8.08. The molecule has 0 aliphatic carbocycles. The highest BCUT2D eigenvalue weighted by Crippen LogP contribution is 2.18. The van der Waals surface area contributed by atoms with Crippen LogP contribution in [0, 0.1) is 6.92 Å². The molecule has 1 aromatic carbocycles. The van der Waals surface area contributed by atoms with Gasteiger partial charge in [0.2, 0.25) is 10.0 Å². The number of nitrogens with two attached hydrogens (primary N) is 2.